The van der Waals surface area contributed by atoms with Gasteiger partial charge in [0.25, 0.3) is 0 Å². The van der Waals surface area contributed by atoms with E-state index in [0.29, 0.717) is 5.75 Å². The van der Waals surface area contributed by atoms with Crippen molar-refractivity contribution in [1.29, 1.82) is 0 Å². The van der Waals surface area contributed by atoms with Crippen LogP contribution < -0.4 is 5.32 Å². The van der Waals surface area contributed by atoms with Crippen LogP contribution in [0.25, 0.3) is 0 Å². The maximum Gasteiger partial charge on any atom is 0.0483 e. The van der Waals surface area contributed by atoms with Gasteiger partial charge in [-0.1, -0.05) is 32.9 Å². The molecule has 16 heavy (non-hydrogen) atoms. The first-order chi connectivity index (χ1) is 7.37. The van der Waals surface area contributed by atoms with Gasteiger partial charge in [0.15, 0.2) is 0 Å². The monoisotopic (exact) mass is 239 g/mol. The molecular weight excluding hydrogens is 218 g/mol. The molecule has 1 atom stereocenters. The fraction of sp³-hybridized carbons (Fsp3) is 0.538. The zero-order valence-corrected chi connectivity index (χ0v) is 11.4. The van der Waals surface area contributed by atoms with E-state index < -0.39 is 10.8 Å². The van der Waals surface area contributed by atoms with Crippen LogP contribution in [-0.2, 0) is 16.6 Å². The van der Waals surface area contributed by atoms with Crippen molar-refractivity contribution < 1.29 is 4.21 Å². The Kier molecular flexibility index (Phi) is 4.54. The van der Waals surface area contributed by atoms with Gasteiger partial charge in [-0.3, -0.25) is 4.21 Å². The van der Waals surface area contributed by atoms with Crippen LogP contribution in [0, 0.1) is 5.41 Å². The Morgan fingerprint density at radius 3 is 2.56 bits per heavy atom. The highest BCUT2D eigenvalue weighted by atomic mass is 32.2. The predicted molar refractivity (Wildman–Crippen MR) is 72.2 cm³/mol. The molecule has 0 unspecified atom stereocenters. The maximum atomic E-state index is 11.1. The van der Waals surface area contributed by atoms with Crippen LogP contribution in [0.15, 0.2) is 24.3 Å². The van der Waals surface area contributed by atoms with E-state index in [4.69, 9.17) is 0 Å². The predicted octanol–water partition coefficient (Wildman–Crippen LogP) is 3.02. The summed E-state index contributed by atoms with van der Waals surface area (Å²) in [6.07, 6.45) is 1.73. The summed E-state index contributed by atoms with van der Waals surface area (Å²) in [4.78, 5) is 0. The molecule has 0 aliphatic carbocycles. The number of rotatable bonds is 4. The van der Waals surface area contributed by atoms with Gasteiger partial charge in [0.1, 0.15) is 0 Å². The molecule has 2 nitrogen and oxygen atoms in total. The third-order valence-corrected chi connectivity index (χ3v) is 2.86. The molecule has 0 fully saturated rings. The third kappa shape index (κ3) is 5.31. The molecule has 3 heteroatoms. The molecule has 1 aromatic rings. The first-order valence-corrected chi connectivity index (χ1v) is 7.22. The average molecular weight is 239 g/mol. The lowest BCUT2D eigenvalue weighted by Crippen LogP contribution is -2.19. The Morgan fingerprint density at radius 2 is 2.00 bits per heavy atom. The Morgan fingerprint density at radius 1 is 1.31 bits per heavy atom. The normalized spacial score (nSPS) is 13.5. The molecule has 0 bridgehead atoms. The minimum absolute atomic E-state index is 0.267. The summed E-state index contributed by atoms with van der Waals surface area (Å²) in [7, 11) is -0.774. The second kappa shape index (κ2) is 5.48. The van der Waals surface area contributed by atoms with Gasteiger partial charge in [0.05, 0.1) is 0 Å². The molecule has 0 spiro atoms. The lowest BCUT2D eigenvalue weighted by molar-refractivity contribution is 0.443. The van der Waals surface area contributed by atoms with Gasteiger partial charge in [-0.2, -0.15) is 0 Å². The Labute approximate surface area is 101 Å². The fourth-order valence-corrected chi connectivity index (χ4v) is 2.02. The zero-order valence-electron chi connectivity index (χ0n) is 10.5. The van der Waals surface area contributed by atoms with E-state index in [9.17, 15) is 4.21 Å². The summed E-state index contributed by atoms with van der Waals surface area (Å²) in [5, 5.41) is 3.40. The quantitative estimate of drug-likeness (QED) is 0.875. The molecular formula is C13H21NOS. The van der Waals surface area contributed by atoms with Gasteiger partial charge < -0.3 is 5.32 Å². The fourth-order valence-electron chi connectivity index (χ4n) is 1.37. The number of hydrogen-bond acceptors (Lipinski definition) is 2. The van der Waals surface area contributed by atoms with Crippen molar-refractivity contribution in [3.8, 4) is 0 Å². The van der Waals surface area contributed by atoms with Crippen molar-refractivity contribution in [2.45, 2.75) is 26.5 Å². The largest absolute Gasteiger partial charge is 0.385 e. The van der Waals surface area contributed by atoms with Gasteiger partial charge in [-0.25, -0.2) is 0 Å². The Balaban J connectivity index is 2.64. The van der Waals surface area contributed by atoms with Gasteiger partial charge in [-0.15, -0.1) is 0 Å². The van der Waals surface area contributed by atoms with E-state index in [2.05, 4.69) is 32.2 Å². The SMILES string of the molecule is C[S@](=O)Cc1cccc(NCC(C)(C)C)c1. The van der Waals surface area contributed by atoms with Crippen LogP contribution >= 0.6 is 0 Å². The molecule has 0 radical (unpaired) electrons. The first-order valence-electron chi connectivity index (χ1n) is 5.50. The van der Waals surface area contributed by atoms with E-state index in [1.807, 2.05) is 18.2 Å². The lowest BCUT2D eigenvalue weighted by atomic mass is 9.97. The molecule has 0 amide bonds. The number of anilines is 1. The number of hydrogen-bond donors (Lipinski definition) is 1. The van der Waals surface area contributed by atoms with Crippen molar-refractivity contribution in [3.05, 3.63) is 29.8 Å². The van der Waals surface area contributed by atoms with Crippen LogP contribution in [0.1, 0.15) is 26.3 Å². The molecule has 90 valence electrons. The first kappa shape index (κ1) is 13.2. The topological polar surface area (TPSA) is 29.1 Å². The van der Waals surface area contributed by atoms with E-state index in [-0.39, 0.29) is 5.41 Å². The van der Waals surface area contributed by atoms with Crippen molar-refractivity contribution in [2.75, 3.05) is 18.1 Å². The molecule has 0 saturated heterocycles. The standard InChI is InChI=1S/C13H21NOS/c1-13(2,3)10-14-12-7-5-6-11(8-12)9-16(4)15/h5-8,14H,9-10H2,1-4H3/t16-/m0/s1. The Hall–Kier alpha value is -0.830. The summed E-state index contributed by atoms with van der Waals surface area (Å²) in [5.41, 5.74) is 2.50. The molecule has 1 rings (SSSR count). The van der Waals surface area contributed by atoms with Gasteiger partial charge in [0, 0.05) is 35.0 Å². The average Bonchev–Trinajstić information content (AvgIpc) is 2.13. The molecule has 1 aromatic carbocycles. The van der Waals surface area contributed by atoms with Crippen LogP contribution in [0.2, 0.25) is 0 Å². The molecule has 0 aromatic heterocycles. The van der Waals surface area contributed by atoms with Gasteiger partial charge >= 0.3 is 0 Å². The second-order valence-corrected chi connectivity index (χ2v) is 6.77. The Bertz CT molecular complexity index is 368. The van der Waals surface area contributed by atoms with Crippen LogP contribution in [0.5, 0.6) is 0 Å². The molecule has 0 saturated carbocycles. The second-order valence-electron chi connectivity index (χ2n) is 5.33. The minimum atomic E-state index is -0.774. The van der Waals surface area contributed by atoms with Crippen molar-refractivity contribution in [1.82, 2.24) is 0 Å². The molecule has 0 aliphatic heterocycles. The smallest absolute Gasteiger partial charge is 0.0483 e. The zero-order chi connectivity index (χ0) is 12.2. The van der Waals surface area contributed by atoms with Crippen molar-refractivity contribution >= 4 is 16.5 Å². The summed E-state index contributed by atoms with van der Waals surface area (Å²) >= 11 is 0. The summed E-state index contributed by atoms with van der Waals surface area (Å²) in [6.45, 7) is 7.53. The van der Waals surface area contributed by atoms with E-state index >= 15 is 0 Å². The molecule has 1 N–H and O–H groups in total. The minimum Gasteiger partial charge on any atom is -0.385 e. The van der Waals surface area contributed by atoms with Gasteiger partial charge in [-0.05, 0) is 23.1 Å². The van der Waals surface area contributed by atoms with E-state index in [1.54, 1.807) is 6.26 Å². The number of nitrogens with one attached hydrogen (secondary N) is 1. The highest BCUT2D eigenvalue weighted by Gasteiger charge is 2.09. The van der Waals surface area contributed by atoms with Gasteiger partial charge in [0.2, 0.25) is 0 Å². The highest BCUT2D eigenvalue weighted by Crippen LogP contribution is 2.17. The van der Waals surface area contributed by atoms with E-state index in [0.717, 1.165) is 17.8 Å². The van der Waals surface area contributed by atoms with Crippen LogP contribution in [-0.4, -0.2) is 17.0 Å². The lowest BCUT2D eigenvalue weighted by Gasteiger charge is -2.19. The van der Waals surface area contributed by atoms with Crippen molar-refractivity contribution in [2.24, 2.45) is 5.41 Å². The maximum absolute atomic E-state index is 11.1. The van der Waals surface area contributed by atoms with Crippen molar-refractivity contribution in [3.63, 3.8) is 0 Å². The van der Waals surface area contributed by atoms with Crippen LogP contribution in [0.3, 0.4) is 0 Å². The summed E-state index contributed by atoms with van der Waals surface area (Å²) < 4.78 is 11.1. The highest BCUT2D eigenvalue weighted by molar-refractivity contribution is 7.83. The summed E-state index contributed by atoms with van der Waals surface area (Å²) in [6, 6.07) is 8.15. The molecule has 0 heterocycles. The summed E-state index contributed by atoms with van der Waals surface area (Å²) in [5.74, 6) is 0.630. The third-order valence-electron chi connectivity index (χ3n) is 2.12. The number of benzene rings is 1. The molecule has 0 aliphatic rings. The van der Waals surface area contributed by atoms with E-state index in [1.165, 1.54) is 0 Å². The van der Waals surface area contributed by atoms with Crippen LogP contribution in [0.4, 0.5) is 5.69 Å².